The van der Waals surface area contributed by atoms with E-state index >= 15 is 0 Å². The molecule has 1 fully saturated rings. The van der Waals surface area contributed by atoms with E-state index in [-0.39, 0.29) is 0 Å². The summed E-state index contributed by atoms with van der Waals surface area (Å²) >= 11 is 0. The first-order valence-electron chi connectivity index (χ1n) is 8.78. The number of ether oxygens (including phenoxy) is 1. The summed E-state index contributed by atoms with van der Waals surface area (Å²) in [6, 6.07) is 9.20. The van der Waals surface area contributed by atoms with Gasteiger partial charge in [-0.1, -0.05) is 45.2 Å². The molecule has 1 unspecified atom stereocenters. The summed E-state index contributed by atoms with van der Waals surface area (Å²) in [7, 11) is 0. The van der Waals surface area contributed by atoms with E-state index in [0.717, 1.165) is 31.2 Å². The molecule has 0 bridgehead atoms. The number of hydrogen-bond donors (Lipinski definition) is 1. The second-order valence-corrected chi connectivity index (χ2v) is 6.29. The van der Waals surface area contributed by atoms with Gasteiger partial charge in [0.05, 0.1) is 6.61 Å². The van der Waals surface area contributed by atoms with Gasteiger partial charge in [0.25, 0.3) is 0 Å². The van der Waals surface area contributed by atoms with Gasteiger partial charge in [-0.05, 0) is 49.3 Å². The van der Waals surface area contributed by atoms with Gasteiger partial charge in [0.15, 0.2) is 0 Å². The monoisotopic (exact) mass is 289 g/mol. The Kier molecular flexibility index (Phi) is 7.08. The van der Waals surface area contributed by atoms with Crippen molar-refractivity contribution in [2.75, 3.05) is 6.61 Å². The molecule has 0 aliphatic heterocycles. The largest absolute Gasteiger partial charge is 0.494 e. The lowest BCUT2D eigenvalue weighted by Crippen LogP contribution is -2.36. The van der Waals surface area contributed by atoms with E-state index in [4.69, 9.17) is 4.74 Å². The maximum absolute atomic E-state index is 5.72. The summed E-state index contributed by atoms with van der Waals surface area (Å²) in [6.45, 7) is 6.21. The second kappa shape index (κ2) is 9.09. The molecule has 1 aromatic carbocycles. The molecule has 0 amide bonds. The lowest BCUT2D eigenvalue weighted by Gasteiger charge is -2.30. The highest BCUT2D eigenvalue weighted by Gasteiger charge is 2.21. The van der Waals surface area contributed by atoms with Crippen molar-refractivity contribution < 1.29 is 4.74 Å². The molecule has 2 nitrogen and oxygen atoms in total. The van der Waals surface area contributed by atoms with Crippen LogP contribution in [0.25, 0.3) is 0 Å². The van der Waals surface area contributed by atoms with Crippen LogP contribution in [0.3, 0.4) is 0 Å². The van der Waals surface area contributed by atoms with Crippen LogP contribution < -0.4 is 10.1 Å². The van der Waals surface area contributed by atoms with E-state index in [2.05, 4.69) is 43.4 Å². The van der Waals surface area contributed by atoms with Gasteiger partial charge in [0.1, 0.15) is 5.75 Å². The predicted octanol–water partition coefficient (Wildman–Crippen LogP) is 4.92. The van der Waals surface area contributed by atoms with Gasteiger partial charge in [-0.2, -0.15) is 0 Å². The van der Waals surface area contributed by atoms with Gasteiger partial charge < -0.3 is 10.1 Å². The van der Waals surface area contributed by atoms with E-state index in [1.54, 1.807) is 0 Å². The fourth-order valence-corrected chi connectivity index (χ4v) is 3.39. The van der Waals surface area contributed by atoms with Crippen LogP contribution in [0.1, 0.15) is 64.4 Å². The number of hydrogen-bond acceptors (Lipinski definition) is 2. The molecule has 0 saturated heterocycles. The minimum absolute atomic E-state index is 0.672. The van der Waals surface area contributed by atoms with Crippen molar-refractivity contribution in [1.29, 1.82) is 0 Å². The lowest BCUT2D eigenvalue weighted by molar-refractivity contribution is 0.261. The van der Waals surface area contributed by atoms with E-state index < -0.39 is 0 Å². The predicted molar refractivity (Wildman–Crippen MR) is 89.7 cm³/mol. The fraction of sp³-hybridized carbons (Fsp3) is 0.684. The molecule has 2 rings (SSSR count). The van der Waals surface area contributed by atoms with Crippen molar-refractivity contribution >= 4 is 0 Å². The van der Waals surface area contributed by atoms with E-state index in [9.17, 15) is 0 Å². The van der Waals surface area contributed by atoms with E-state index in [0.29, 0.717) is 6.04 Å². The van der Waals surface area contributed by atoms with Crippen LogP contribution in [0.2, 0.25) is 0 Å². The van der Waals surface area contributed by atoms with Crippen LogP contribution in [-0.4, -0.2) is 12.6 Å². The summed E-state index contributed by atoms with van der Waals surface area (Å²) < 4.78 is 5.72. The van der Waals surface area contributed by atoms with Crippen molar-refractivity contribution in [2.24, 2.45) is 5.92 Å². The quantitative estimate of drug-likeness (QED) is 0.733. The first kappa shape index (κ1) is 16.4. The molecule has 0 spiro atoms. The van der Waals surface area contributed by atoms with Crippen LogP contribution in [0.4, 0.5) is 0 Å². The average molecular weight is 289 g/mol. The van der Waals surface area contributed by atoms with Crippen molar-refractivity contribution in [3.8, 4) is 5.75 Å². The Bertz CT molecular complexity index is 398. The Labute approximate surface area is 130 Å². The summed E-state index contributed by atoms with van der Waals surface area (Å²) in [5.41, 5.74) is 1.33. The van der Waals surface area contributed by atoms with Crippen molar-refractivity contribution in [3.63, 3.8) is 0 Å². The molecule has 1 N–H and O–H groups in total. The molecule has 1 aliphatic rings. The highest BCUT2D eigenvalue weighted by atomic mass is 16.5. The Balaban J connectivity index is 1.85. The normalized spacial score (nSPS) is 17.6. The third-order valence-corrected chi connectivity index (χ3v) is 4.60. The lowest BCUT2D eigenvalue weighted by atomic mass is 9.83. The average Bonchev–Trinajstić information content (AvgIpc) is 2.55. The summed E-state index contributed by atoms with van der Waals surface area (Å²) in [5, 5.41) is 3.78. The molecular weight excluding hydrogens is 258 g/mol. The summed E-state index contributed by atoms with van der Waals surface area (Å²) in [4.78, 5) is 0. The SMILES string of the molecule is CCCOc1cccc(CNC(CC)C2CCCCC2)c1. The molecule has 0 radical (unpaired) electrons. The van der Waals surface area contributed by atoms with Crippen molar-refractivity contribution in [1.82, 2.24) is 5.32 Å². The highest BCUT2D eigenvalue weighted by Crippen LogP contribution is 2.28. The van der Waals surface area contributed by atoms with Gasteiger partial charge in [-0.3, -0.25) is 0 Å². The summed E-state index contributed by atoms with van der Waals surface area (Å²) in [5.74, 6) is 1.88. The zero-order valence-corrected chi connectivity index (χ0v) is 13.7. The Morgan fingerprint density at radius 1 is 1.19 bits per heavy atom. The molecule has 1 saturated carbocycles. The molecule has 1 atom stereocenters. The van der Waals surface area contributed by atoms with Crippen LogP contribution >= 0.6 is 0 Å². The standard InChI is InChI=1S/C19H31NO/c1-3-13-21-18-12-8-9-16(14-18)15-20-19(4-2)17-10-6-5-7-11-17/h8-9,12,14,17,19-20H,3-7,10-11,13,15H2,1-2H3. The van der Waals surface area contributed by atoms with Gasteiger partial charge >= 0.3 is 0 Å². The zero-order valence-electron chi connectivity index (χ0n) is 13.7. The minimum atomic E-state index is 0.672. The molecule has 1 aromatic rings. The van der Waals surface area contributed by atoms with Crippen LogP contribution in [0.15, 0.2) is 24.3 Å². The minimum Gasteiger partial charge on any atom is -0.494 e. The maximum atomic E-state index is 5.72. The van der Waals surface area contributed by atoms with Gasteiger partial charge in [-0.15, -0.1) is 0 Å². The topological polar surface area (TPSA) is 21.3 Å². The smallest absolute Gasteiger partial charge is 0.119 e. The molecule has 0 heterocycles. The Morgan fingerprint density at radius 3 is 2.71 bits per heavy atom. The Hall–Kier alpha value is -1.02. The molecular formula is C19H31NO. The first-order valence-corrected chi connectivity index (χ1v) is 8.78. The molecule has 1 aliphatic carbocycles. The zero-order chi connectivity index (χ0) is 14.9. The van der Waals surface area contributed by atoms with E-state index in [1.165, 1.54) is 44.1 Å². The number of benzene rings is 1. The second-order valence-electron chi connectivity index (χ2n) is 6.29. The van der Waals surface area contributed by atoms with Crippen molar-refractivity contribution in [2.45, 2.75) is 71.4 Å². The molecule has 21 heavy (non-hydrogen) atoms. The van der Waals surface area contributed by atoms with Crippen LogP contribution in [0, 0.1) is 5.92 Å². The fourth-order valence-electron chi connectivity index (χ4n) is 3.39. The first-order chi connectivity index (χ1) is 10.3. The summed E-state index contributed by atoms with van der Waals surface area (Å²) in [6.07, 6.45) is 9.38. The molecule has 2 heteroatoms. The third kappa shape index (κ3) is 5.35. The van der Waals surface area contributed by atoms with Crippen LogP contribution in [-0.2, 0) is 6.54 Å². The number of nitrogens with one attached hydrogen (secondary N) is 1. The third-order valence-electron chi connectivity index (χ3n) is 4.60. The molecule has 118 valence electrons. The maximum Gasteiger partial charge on any atom is 0.119 e. The van der Waals surface area contributed by atoms with Gasteiger partial charge in [0, 0.05) is 12.6 Å². The Morgan fingerprint density at radius 2 is 2.00 bits per heavy atom. The highest BCUT2D eigenvalue weighted by molar-refractivity contribution is 5.28. The number of rotatable bonds is 8. The van der Waals surface area contributed by atoms with E-state index in [1.807, 2.05) is 0 Å². The van der Waals surface area contributed by atoms with Gasteiger partial charge in [-0.25, -0.2) is 0 Å². The van der Waals surface area contributed by atoms with Crippen LogP contribution in [0.5, 0.6) is 5.75 Å². The van der Waals surface area contributed by atoms with Crippen molar-refractivity contribution in [3.05, 3.63) is 29.8 Å². The van der Waals surface area contributed by atoms with Gasteiger partial charge in [0.2, 0.25) is 0 Å². The molecule has 0 aromatic heterocycles.